The molecule has 1 heterocycles. The van der Waals surface area contributed by atoms with E-state index in [0.717, 1.165) is 40.3 Å². The lowest BCUT2D eigenvalue weighted by Crippen LogP contribution is -1.97. The first kappa shape index (κ1) is 17.9. The molecule has 0 saturated carbocycles. The fourth-order valence-electron chi connectivity index (χ4n) is 3.37. The Morgan fingerprint density at radius 1 is 0.893 bits per heavy atom. The minimum Gasteiger partial charge on any atom is -0.388 e. The topological polar surface area (TPSA) is 39.9 Å². The molecule has 140 valence electrons. The van der Waals surface area contributed by atoms with Gasteiger partial charge in [0.25, 0.3) is 0 Å². The number of anilines is 2. The molecule has 0 unspecified atom stereocenters. The highest BCUT2D eigenvalue weighted by Gasteiger charge is 2.06. The zero-order chi connectivity index (χ0) is 19.5. The van der Waals surface area contributed by atoms with Crippen LogP contribution < -0.4 is 10.6 Å². The van der Waals surface area contributed by atoms with Gasteiger partial charge in [-0.2, -0.15) is 0 Å². The summed E-state index contributed by atoms with van der Waals surface area (Å²) in [5.41, 5.74) is 8.90. The summed E-state index contributed by atoms with van der Waals surface area (Å²) in [5, 5.41) is 7.76. The van der Waals surface area contributed by atoms with E-state index in [2.05, 4.69) is 102 Å². The maximum absolute atomic E-state index is 4.20. The van der Waals surface area contributed by atoms with Crippen LogP contribution in [0, 0.1) is 0 Å². The van der Waals surface area contributed by atoms with Crippen molar-refractivity contribution in [2.24, 2.45) is 0 Å². The Balaban J connectivity index is 1.56. The van der Waals surface area contributed by atoms with Crippen molar-refractivity contribution >= 4 is 28.0 Å². The summed E-state index contributed by atoms with van der Waals surface area (Å²) in [5.74, 6) is 0. The lowest BCUT2D eigenvalue weighted by atomic mass is 10.1. The van der Waals surface area contributed by atoms with Crippen molar-refractivity contribution in [3.05, 3.63) is 90.5 Å². The molecular weight excluding hydrogens is 342 g/mol. The number of hydrogen-bond acceptors (Lipinski definition) is 2. The molecule has 3 aromatic carbocycles. The van der Waals surface area contributed by atoms with E-state index in [1.165, 1.54) is 16.5 Å². The largest absolute Gasteiger partial charge is 0.388 e. The van der Waals surface area contributed by atoms with Crippen LogP contribution in [0.15, 0.2) is 79.4 Å². The molecule has 4 rings (SSSR count). The van der Waals surface area contributed by atoms with Gasteiger partial charge in [-0.25, -0.2) is 0 Å². The number of H-pyrrole nitrogens is 1. The van der Waals surface area contributed by atoms with Gasteiger partial charge in [-0.1, -0.05) is 49.9 Å². The predicted molar refractivity (Wildman–Crippen MR) is 122 cm³/mol. The van der Waals surface area contributed by atoms with Gasteiger partial charge in [0.2, 0.25) is 0 Å². The molecule has 0 atom stereocenters. The first-order valence-corrected chi connectivity index (χ1v) is 9.62. The molecule has 0 bridgehead atoms. The number of benzene rings is 3. The lowest BCUT2D eigenvalue weighted by Gasteiger charge is -2.10. The van der Waals surface area contributed by atoms with E-state index < -0.39 is 0 Å². The van der Waals surface area contributed by atoms with Crippen molar-refractivity contribution in [3.63, 3.8) is 0 Å². The van der Waals surface area contributed by atoms with Crippen LogP contribution in [-0.4, -0.2) is 12.0 Å². The first-order valence-electron chi connectivity index (χ1n) is 9.62. The van der Waals surface area contributed by atoms with Gasteiger partial charge in [0.05, 0.1) is 0 Å². The summed E-state index contributed by atoms with van der Waals surface area (Å²) in [6.07, 6.45) is 1.05. The SMILES string of the molecule is C=C(Nc1ccc2[nH]c(-c3ccc(NC)cc3)cc2c1)c1ccc(CC)cc1. The van der Waals surface area contributed by atoms with Crippen LogP contribution in [0.1, 0.15) is 18.1 Å². The summed E-state index contributed by atoms with van der Waals surface area (Å²) in [4.78, 5) is 3.50. The first-order chi connectivity index (χ1) is 13.7. The maximum atomic E-state index is 4.20. The molecule has 0 aliphatic carbocycles. The molecule has 0 aliphatic heterocycles. The van der Waals surface area contributed by atoms with Crippen LogP contribution in [-0.2, 0) is 6.42 Å². The van der Waals surface area contributed by atoms with Gasteiger partial charge >= 0.3 is 0 Å². The van der Waals surface area contributed by atoms with Crippen LogP contribution in [0.2, 0.25) is 0 Å². The summed E-state index contributed by atoms with van der Waals surface area (Å²) in [6, 6.07) is 25.5. The number of aromatic amines is 1. The molecule has 0 amide bonds. The van der Waals surface area contributed by atoms with E-state index in [1.807, 2.05) is 7.05 Å². The summed E-state index contributed by atoms with van der Waals surface area (Å²) in [7, 11) is 1.93. The van der Waals surface area contributed by atoms with Crippen molar-refractivity contribution in [2.75, 3.05) is 17.7 Å². The number of aryl methyl sites for hydroxylation is 1. The van der Waals surface area contributed by atoms with Gasteiger partial charge < -0.3 is 15.6 Å². The van der Waals surface area contributed by atoms with Gasteiger partial charge in [0.15, 0.2) is 0 Å². The van der Waals surface area contributed by atoms with Crippen LogP contribution in [0.4, 0.5) is 11.4 Å². The summed E-state index contributed by atoms with van der Waals surface area (Å²) < 4.78 is 0. The van der Waals surface area contributed by atoms with E-state index in [4.69, 9.17) is 0 Å². The molecule has 0 aliphatic rings. The van der Waals surface area contributed by atoms with E-state index in [0.29, 0.717) is 0 Å². The molecule has 3 N–H and O–H groups in total. The van der Waals surface area contributed by atoms with E-state index in [-0.39, 0.29) is 0 Å². The Kier molecular flexibility index (Phi) is 4.90. The van der Waals surface area contributed by atoms with Crippen LogP contribution in [0.3, 0.4) is 0 Å². The quantitative estimate of drug-likeness (QED) is 0.363. The minimum absolute atomic E-state index is 0.903. The lowest BCUT2D eigenvalue weighted by molar-refractivity contribution is 1.14. The average Bonchev–Trinajstić information content (AvgIpc) is 3.17. The Labute approximate surface area is 166 Å². The highest BCUT2D eigenvalue weighted by molar-refractivity contribution is 5.90. The van der Waals surface area contributed by atoms with Crippen molar-refractivity contribution in [1.29, 1.82) is 0 Å². The van der Waals surface area contributed by atoms with Crippen molar-refractivity contribution in [3.8, 4) is 11.3 Å². The molecule has 1 aromatic heterocycles. The second kappa shape index (κ2) is 7.65. The highest BCUT2D eigenvalue weighted by Crippen LogP contribution is 2.28. The molecule has 3 heteroatoms. The fourth-order valence-corrected chi connectivity index (χ4v) is 3.37. The third-order valence-corrected chi connectivity index (χ3v) is 5.11. The summed E-state index contributed by atoms with van der Waals surface area (Å²) >= 11 is 0. The molecule has 0 fully saturated rings. The number of fused-ring (bicyclic) bond motifs is 1. The van der Waals surface area contributed by atoms with Crippen molar-refractivity contribution in [2.45, 2.75) is 13.3 Å². The second-order valence-electron chi connectivity index (χ2n) is 6.97. The fraction of sp³-hybridized carbons (Fsp3) is 0.120. The van der Waals surface area contributed by atoms with Gasteiger partial charge in [0, 0.05) is 40.7 Å². The average molecular weight is 367 g/mol. The molecule has 0 saturated heterocycles. The third kappa shape index (κ3) is 3.65. The molecular formula is C25H25N3. The van der Waals surface area contributed by atoms with E-state index in [1.54, 1.807) is 0 Å². The smallest absolute Gasteiger partial charge is 0.0464 e. The molecule has 3 nitrogen and oxygen atoms in total. The number of nitrogens with one attached hydrogen (secondary N) is 3. The van der Waals surface area contributed by atoms with Crippen LogP contribution >= 0.6 is 0 Å². The monoisotopic (exact) mass is 367 g/mol. The molecule has 4 aromatic rings. The van der Waals surface area contributed by atoms with Gasteiger partial charge in [-0.15, -0.1) is 0 Å². The maximum Gasteiger partial charge on any atom is 0.0464 e. The Hall–Kier alpha value is -3.46. The van der Waals surface area contributed by atoms with Gasteiger partial charge in [-0.05, 0) is 59.5 Å². The molecule has 28 heavy (non-hydrogen) atoms. The van der Waals surface area contributed by atoms with Gasteiger partial charge in [0.1, 0.15) is 0 Å². The van der Waals surface area contributed by atoms with Crippen LogP contribution in [0.5, 0.6) is 0 Å². The molecule has 0 radical (unpaired) electrons. The minimum atomic E-state index is 0.903. The zero-order valence-corrected chi connectivity index (χ0v) is 16.3. The van der Waals surface area contributed by atoms with E-state index in [9.17, 15) is 0 Å². The Morgan fingerprint density at radius 2 is 1.61 bits per heavy atom. The van der Waals surface area contributed by atoms with Crippen LogP contribution in [0.25, 0.3) is 27.9 Å². The molecule has 0 spiro atoms. The van der Waals surface area contributed by atoms with E-state index >= 15 is 0 Å². The normalized spacial score (nSPS) is 10.8. The standard InChI is InChI=1S/C25H25N3/c1-4-18-5-7-19(8-6-18)17(2)27-23-13-14-24-21(15-23)16-25(28-24)20-9-11-22(26-3)12-10-20/h5-16,26-28H,2,4H2,1,3H3. The highest BCUT2D eigenvalue weighted by atomic mass is 14.9. The van der Waals surface area contributed by atoms with Crippen molar-refractivity contribution in [1.82, 2.24) is 4.98 Å². The zero-order valence-electron chi connectivity index (χ0n) is 16.3. The Bertz CT molecular complexity index is 1100. The summed E-state index contributed by atoms with van der Waals surface area (Å²) in [6.45, 7) is 6.36. The number of aromatic nitrogens is 1. The second-order valence-corrected chi connectivity index (χ2v) is 6.97. The third-order valence-electron chi connectivity index (χ3n) is 5.11. The predicted octanol–water partition coefficient (Wildman–Crippen LogP) is 6.52. The number of rotatable bonds is 6. The Morgan fingerprint density at radius 3 is 2.29 bits per heavy atom. The van der Waals surface area contributed by atoms with Gasteiger partial charge in [-0.3, -0.25) is 0 Å². The number of hydrogen-bond donors (Lipinski definition) is 3. The van der Waals surface area contributed by atoms with Crippen molar-refractivity contribution < 1.29 is 0 Å².